The molecule has 0 spiro atoms. The maximum Gasteiger partial charge on any atom is 0.216 e. The monoisotopic (exact) mass is 180 g/mol. The van der Waals surface area contributed by atoms with Crippen molar-refractivity contribution >= 4 is 0 Å². The second-order valence-corrected chi connectivity index (χ2v) is 2.95. The van der Waals surface area contributed by atoms with Crippen molar-refractivity contribution in [2.24, 2.45) is 0 Å². The van der Waals surface area contributed by atoms with Crippen molar-refractivity contribution in [3.8, 4) is 0 Å². The van der Waals surface area contributed by atoms with E-state index in [9.17, 15) is 5.11 Å². The number of hydrogen-bond acceptors (Lipinski definition) is 3. The summed E-state index contributed by atoms with van der Waals surface area (Å²) in [7, 11) is 3.48. The van der Waals surface area contributed by atoms with Crippen LogP contribution in [0.2, 0.25) is 0 Å². The Morgan fingerprint density at radius 2 is 1.92 bits per heavy atom. The lowest BCUT2D eigenvalue weighted by molar-refractivity contribution is -0.152. The molecule has 0 aliphatic heterocycles. The van der Waals surface area contributed by atoms with Gasteiger partial charge in [-0.25, -0.2) is 0 Å². The summed E-state index contributed by atoms with van der Waals surface area (Å²) in [5, 5.41) is 9.26. The maximum absolute atomic E-state index is 9.26. The van der Waals surface area contributed by atoms with E-state index in [0.29, 0.717) is 0 Å². The number of hydrogen-bond donors (Lipinski definition) is 1. The number of nitrogens with zero attached hydrogens (tertiary/aromatic N) is 1. The smallest absolute Gasteiger partial charge is 0.216 e. The Balaban J connectivity index is 2.35. The first kappa shape index (κ1) is 10.2. The van der Waals surface area contributed by atoms with Crippen LogP contribution in [0.5, 0.6) is 0 Å². The van der Waals surface area contributed by atoms with Crippen LogP contribution in [0.25, 0.3) is 0 Å². The fourth-order valence-electron chi connectivity index (χ4n) is 0.793. The van der Waals surface area contributed by atoms with E-state index in [1.54, 1.807) is 19.0 Å². The molecule has 3 nitrogen and oxygen atoms in total. The first-order valence-corrected chi connectivity index (χ1v) is 4.08. The van der Waals surface area contributed by atoms with Gasteiger partial charge in [-0.1, -0.05) is 30.3 Å². The summed E-state index contributed by atoms with van der Waals surface area (Å²) in [4.78, 5) is 1.57. The molecule has 1 rings (SSSR count). The van der Waals surface area contributed by atoms with Crippen LogP contribution in [0, 0.1) is 6.61 Å². The van der Waals surface area contributed by atoms with E-state index in [-0.39, 0.29) is 0 Å². The zero-order valence-electron chi connectivity index (χ0n) is 7.84. The van der Waals surface area contributed by atoms with Gasteiger partial charge in [0.1, 0.15) is 6.61 Å². The molecule has 0 saturated carbocycles. The summed E-state index contributed by atoms with van der Waals surface area (Å²) in [6, 6.07) is 9.57. The van der Waals surface area contributed by atoms with Crippen LogP contribution in [-0.4, -0.2) is 30.5 Å². The molecule has 3 heteroatoms. The average molecular weight is 180 g/mol. The van der Waals surface area contributed by atoms with Gasteiger partial charge >= 0.3 is 0 Å². The van der Waals surface area contributed by atoms with Gasteiger partial charge in [0, 0.05) is 0 Å². The standard InChI is InChI=1S/C10H14NO2/c1-11(2)10(12)13-8-9-6-4-3-5-7-9/h3-8,10,12H,1-2H3. The first-order valence-electron chi connectivity index (χ1n) is 4.08. The van der Waals surface area contributed by atoms with Crippen molar-refractivity contribution < 1.29 is 9.84 Å². The minimum Gasteiger partial charge on any atom is -0.356 e. The molecule has 0 bridgehead atoms. The Labute approximate surface area is 78.6 Å². The molecule has 0 aromatic heterocycles. The van der Waals surface area contributed by atoms with Crippen molar-refractivity contribution in [2.75, 3.05) is 14.1 Å². The van der Waals surface area contributed by atoms with Crippen LogP contribution in [-0.2, 0) is 4.74 Å². The summed E-state index contributed by atoms with van der Waals surface area (Å²) in [5.74, 6) is 0. The molecule has 0 saturated heterocycles. The van der Waals surface area contributed by atoms with Gasteiger partial charge in [-0.2, -0.15) is 0 Å². The highest BCUT2D eigenvalue weighted by atomic mass is 16.6. The first-order chi connectivity index (χ1) is 6.20. The molecule has 1 unspecified atom stereocenters. The van der Waals surface area contributed by atoms with Crippen molar-refractivity contribution in [2.45, 2.75) is 6.41 Å². The fraction of sp³-hybridized carbons (Fsp3) is 0.300. The maximum atomic E-state index is 9.26. The molecule has 1 aromatic carbocycles. The number of ether oxygens (including phenoxy) is 1. The highest BCUT2D eigenvalue weighted by Crippen LogP contribution is 2.04. The summed E-state index contributed by atoms with van der Waals surface area (Å²) < 4.78 is 5.05. The molecular formula is C10H14NO2. The van der Waals surface area contributed by atoms with Gasteiger partial charge in [-0.3, -0.25) is 4.90 Å². The number of aliphatic hydroxyl groups excluding tert-OH is 1. The van der Waals surface area contributed by atoms with Crippen molar-refractivity contribution in [1.82, 2.24) is 4.90 Å². The molecule has 0 aliphatic carbocycles. The quantitative estimate of drug-likeness (QED) is 0.703. The summed E-state index contributed by atoms with van der Waals surface area (Å²) in [5.41, 5.74) is 0.934. The summed E-state index contributed by atoms with van der Waals surface area (Å²) in [6.07, 6.45) is -0.889. The highest BCUT2D eigenvalue weighted by Gasteiger charge is 2.05. The Kier molecular flexibility index (Phi) is 3.89. The topological polar surface area (TPSA) is 32.7 Å². The molecular weight excluding hydrogens is 166 g/mol. The molecule has 1 atom stereocenters. The van der Waals surface area contributed by atoms with Crippen LogP contribution in [0.1, 0.15) is 5.56 Å². The molecule has 0 amide bonds. The second kappa shape index (κ2) is 4.97. The van der Waals surface area contributed by atoms with Crippen LogP contribution in [0.4, 0.5) is 0 Å². The summed E-state index contributed by atoms with van der Waals surface area (Å²) >= 11 is 0. The van der Waals surface area contributed by atoms with Crippen LogP contribution < -0.4 is 0 Å². The third kappa shape index (κ3) is 3.55. The van der Waals surface area contributed by atoms with Gasteiger partial charge in [0.05, 0.1) is 0 Å². The molecule has 0 aliphatic rings. The highest BCUT2D eigenvalue weighted by molar-refractivity contribution is 5.19. The normalized spacial score (nSPS) is 13.2. The number of rotatable bonds is 4. The Bertz CT molecular complexity index is 236. The van der Waals surface area contributed by atoms with E-state index in [1.807, 2.05) is 30.3 Å². The average Bonchev–Trinajstić information content (AvgIpc) is 2.15. The van der Waals surface area contributed by atoms with Crippen LogP contribution in [0.15, 0.2) is 30.3 Å². The summed E-state index contributed by atoms with van der Waals surface area (Å²) in [6.45, 7) is 1.53. The lowest BCUT2D eigenvalue weighted by Gasteiger charge is -2.17. The van der Waals surface area contributed by atoms with Gasteiger partial charge in [0.15, 0.2) is 0 Å². The van der Waals surface area contributed by atoms with Crippen molar-refractivity contribution in [3.05, 3.63) is 42.5 Å². The van der Waals surface area contributed by atoms with Crippen LogP contribution >= 0.6 is 0 Å². The number of benzene rings is 1. The largest absolute Gasteiger partial charge is 0.356 e. The lowest BCUT2D eigenvalue weighted by atomic mass is 10.2. The second-order valence-electron chi connectivity index (χ2n) is 2.95. The predicted molar refractivity (Wildman–Crippen MR) is 50.6 cm³/mol. The van der Waals surface area contributed by atoms with E-state index in [1.165, 1.54) is 6.61 Å². The molecule has 0 heterocycles. The van der Waals surface area contributed by atoms with E-state index in [0.717, 1.165) is 5.56 Å². The number of aliphatic hydroxyl groups is 1. The van der Waals surface area contributed by atoms with E-state index in [4.69, 9.17) is 4.74 Å². The molecule has 1 aromatic rings. The predicted octanol–water partition coefficient (Wildman–Crippen LogP) is 1.05. The van der Waals surface area contributed by atoms with Gasteiger partial charge < -0.3 is 9.84 Å². The Morgan fingerprint density at radius 3 is 2.46 bits per heavy atom. The van der Waals surface area contributed by atoms with Gasteiger partial charge in [0.2, 0.25) is 6.41 Å². The molecule has 71 valence electrons. The van der Waals surface area contributed by atoms with Gasteiger partial charge in [-0.05, 0) is 19.7 Å². The third-order valence-electron chi connectivity index (χ3n) is 1.57. The minimum absolute atomic E-state index is 0.889. The fourth-order valence-corrected chi connectivity index (χ4v) is 0.793. The van der Waals surface area contributed by atoms with Crippen molar-refractivity contribution in [1.29, 1.82) is 0 Å². The zero-order chi connectivity index (χ0) is 9.68. The SMILES string of the molecule is CN(C)C(O)O[CH]c1ccccc1. The third-order valence-corrected chi connectivity index (χ3v) is 1.57. The van der Waals surface area contributed by atoms with Gasteiger partial charge in [0.25, 0.3) is 0 Å². The van der Waals surface area contributed by atoms with E-state index < -0.39 is 6.41 Å². The zero-order valence-corrected chi connectivity index (χ0v) is 7.84. The minimum atomic E-state index is -0.889. The van der Waals surface area contributed by atoms with E-state index in [2.05, 4.69) is 0 Å². The molecule has 13 heavy (non-hydrogen) atoms. The molecule has 1 N–H and O–H groups in total. The Morgan fingerprint density at radius 1 is 1.31 bits per heavy atom. The lowest BCUT2D eigenvalue weighted by Crippen LogP contribution is -2.29. The van der Waals surface area contributed by atoms with Crippen LogP contribution in [0.3, 0.4) is 0 Å². The van der Waals surface area contributed by atoms with Gasteiger partial charge in [-0.15, -0.1) is 0 Å². The van der Waals surface area contributed by atoms with Crippen molar-refractivity contribution in [3.63, 3.8) is 0 Å². The molecule has 0 fully saturated rings. The van der Waals surface area contributed by atoms with E-state index >= 15 is 0 Å². The Hall–Kier alpha value is -0.900. The molecule has 1 radical (unpaired) electrons.